The lowest BCUT2D eigenvalue weighted by Crippen LogP contribution is -2.21. The molecule has 5 nitrogen and oxygen atoms in total. The van der Waals surface area contributed by atoms with Crippen LogP contribution in [0.25, 0.3) is 11.0 Å². The molecule has 0 N–H and O–H groups in total. The van der Waals surface area contributed by atoms with Gasteiger partial charge in [-0.2, -0.15) is 13.2 Å². The van der Waals surface area contributed by atoms with Crippen molar-refractivity contribution in [3.63, 3.8) is 0 Å². The standard InChI is InChI=1S/C21H15Cl2F3N2O3/c22-13-6-15-16(7-14(13)23)28(20(27-15)8-21(24,25)26)9-17(29)19-11-30-10-18(31-19)12-4-2-1-3-5-12/h1-2,4,6-7,10-11H,3,5,8-9H2. The van der Waals surface area contributed by atoms with Crippen LogP contribution in [0.2, 0.25) is 10.0 Å². The third-order valence-electron chi connectivity index (χ3n) is 4.70. The Labute approximate surface area is 185 Å². The summed E-state index contributed by atoms with van der Waals surface area (Å²) in [6, 6.07) is 2.75. The molecule has 162 valence electrons. The molecule has 0 atom stereocenters. The Morgan fingerprint density at radius 1 is 1.19 bits per heavy atom. The van der Waals surface area contributed by atoms with E-state index in [-0.39, 0.29) is 32.7 Å². The van der Waals surface area contributed by atoms with E-state index in [9.17, 15) is 18.0 Å². The van der Waals surface area contributed by atoms with Gasteiger partial charge >= 0.3 is 6.18 Å². The first-order valence-corrected chi connectivity index (χ1v) is 10.0. The summed E-state index contributed by atoms with van der Waals surface area (Å²) in [6.45, 7) is -0.443. The first kappa shape index (κ1) is 21.5. The molecular weight excluding hydrogens is 456 g/mol. The number of fused-ring (bicyclic) bond motifs is 1. The van der Waals surface area contributed by atoms with Gasteiger partial charge < -0.3 is 14.0 Å². The van der Waals surface area contributed by atoms with Crippen molar-refractivity contribution in [3.8, 4) is 0 Å². The van der Waals surface area contributed by atoms with E-state index in [1.54, 1.807) is 0 Å². The lowest BCUT2D eigenvalue weighted by molar-refractivity contribution is -0.129. The van der Waals surface area contributed by atoms with Gasteiger partial charge in [0, 0.05) is 0 Å². The van der Waals surface area contributed by atoms with Crippen LogP contribution in [0.3, 0.4) is 0 Å². The molecule has 1 aliphatic carbocycles. The Bertz CT molecular complexity index is 1180. The highest BCUT2D eigenvalue weighted by molar-refractivity contribution is 6.42. The number of benzene rings is 1. The van der Waals surface area contributed by atoms with Gasteiger partial charge in [0.05, 0.1) is 27.6 Å². The maximum atomic E-state index is 13.1. The largest absolute Gasteiger partial charge is 0.465 e. The SMILES string of the molecule is O=C(Cn1c(CC(F)(F)F)nc2cc(Cl)c(Cl)cc21)C1=COC=C(C2=CC=CCC2)O1. The van der Waals surface area contributed by atoms with Crippen LogP contribution in [0, 0.1) is 0 Å². The second-order valence-electron chi connectivity index (χ2n) is 6.95. The molecule has 0 amide bonds. The molecule has 4 rings (SSSR count). The molecule has 2 aliphatic rings. The quantitative estimate of drug-likeness (QED) is 0.535. The van der Waals surface area contributed by atoms with Gasteiger partial charge in [0.25, 0.3) is 0 Å². The maximum Gasteiger partial charge on any atom is 0.396 e. The summed E-state index contributed by atoms with van der Waals surface area (Å²) in [4.78, 5) is 16.9. The van der Waals surface area contributed by atoms with Crippen molar-refractivity contribution in [3.05, 3.63) is 75.8 Å². The fourth-order valence-electron chi connectivity index (χ4n) is 3.28. The highest BCUT2D eigenvalue weighted by Crippen LogP contribution is 2.31. The number of hydrogen-bond acceptors (Lipinski definition) is 4. The van der Waals surface area contributed by atoms with Crippen LogP contribution in [0.15, 0.2) is 60.0 Å². The Balaban J connectivity index is 1.62. The number of aromatic nitrogens is 2. The summed E-state index contributed by atoms with van der Waals surface area (Å²) in [5, 5.41) is 0.292. The molecule has 0 bridgehead atoms. The van der Waals surface area contributed by atoms with Crippen LogP contribution in [-0.4, -0.2) is 21.5 Å². The molecule has 0 fully saturated rings. The highest BCUT2D eigenvalue weighted by Gasteiger charge is 2.32. The zero-order valence-electron chi connectivity index (χ0n) is 15.9. The monoisotopic (exact) mass is 470 g/mol. The van der Waals surface area contributed by atoms with Gasteiger partial charge in [-0.25, -0.2) is 4.98 Å². The number of carbonyl (C=O) groups is 1. The first-order valence-electron chi connectivity index (χ1n) is 9.25. The van der Waals surface area contributed by atoms with Gasteiger partial charge in [-0.05, 0) is 30.5 Å². The molecule has 31 heavy (non-hydrogen) atoms. The van der Waals surface area contributed by atoms with Gasteiger partial charge in [0.2, 0.25) is 11.5 Å². The van der Waals surface area contributed by atoms with E-state index >= 15 is 0 Å². The molecule has 10 heteroatoms. The van der Waals surface area contributed by atoms with Crippen molar-refractivity contribution in [1.29, 1.82) is 0 Å². The van der Waals surface area contributed by atoms with Crippen LogP contribution in [-0.2, 0) is 27.2 Å². The van der Waals surface area contributed by atoms with E-state index in [1.165, 1.54) is 18.4 Å². The van der Waals surface area contributed by atoms with Crippen molar-refractivity contribution in [1.82, 2.24) is 9.55 Å². The molecule has 0 saturated heterocycles. The minimum Gasteiger partial charge on any atom is -0.465 e. The number of allylic oxidation sites excluding steroid dienone is 5. The fraction of sp³-hybridized carbons (Fsp3) is 0.238. The topological polar surface area (TPSA) is 53.4 Å². The molecule has 1 aliphatic heterocycles. The number of nitrogens with zero attached hydrogens (tertiary/aromatic N) is 2. The molecule has 2 aromatic rings. The van der Waals surface area contributed by atoms with E-state index < -0.39 is 24.9 Å². The number of rotatable bonds is 5. The van der Waals surface area contributed by atoms with E-state index in [1.807, 2.05) is 18.2 Å². The predicted octanol–water partition coefficient (Wildman–Crippen LogP) is 6.02. The van der Waals surface area contributed by atoms with E-state index in [0.717, 1.165) is 22.8 Å². The van der Waals surface area contributed by atoms with Crippen molar-refractivity contribution >= 4 is 40.0 Å². The van der Waals surface area contributed by atoms with Gasteiger partial charge in [-0.15, -0.1) is 0 Å². The molecule has 1 aromatic carbocycles. The third kappa shape index (κ3) is 4.80. The van der Waals surface area contributed by atoms with Crippen LogP contribution >= 0.6 is 23.2 Å². The second kappa shape index (κ2) is 8.43. The minimum atomic E-state index is -4.52. The lowest BCUT2D eigenvalue weighted by atomic mass is 10.0. The Hall–Kier alpha value is -2.71. The van der Waals surface area contributed by atoms with Crippen molar-refractivity contribution in [2.45, 2.75) is 32.0 Å². The van der Waals surface area contributed by atoms with Gasteiger partial charge in [0.15, 0.2) is 5.76 Å². The summed E-state index contributed by atoms with van der Waals surface area (Å²) in [6.07, 6.45) is 3.93. The second-order valence-corrected chi connectivity index (χ2v) is 7.76. The van der Waals surface area contributed by atoms with Gasteiger partial charge in [-0.1, -0.05) is 41.4 Å². The normalized spacial score (nSPS) is 16.4. The molecule has 1 aromatic heterocycles. The number of alkyl halides is 3. The van der Waals surface area contributed by atoms with Crippen LogP contribution in [0.5, 0.6) is 0 Å². The minimum absolute atomic E-state index is 0.118. The summed E-state index contributed by atoms with van der Waals surface area (Å²) < 4.78 is 51.4. The number of ether oxygens (including phenoxy) is 2. The molecule has 2 heterocycles. The average molecular weight is 471 g/mol. The number of imidazole rings is 1. The molecule has 0 saturated carbocycles. The molecule has 0 spiro atoms. The van der Waals surface area contributed by atoms with E-state index in [0.29, 0.717) is 12.2 Å². The Kier molecular flexibility index (Phi) is 5.85. The number of carbonyl (C=O) groups excluding carboxylic acids is 1. The summed E-state index contributed by atoms with van der Waals surface area (Å²) >= 11 is 12.0. The smallest absolute Gasteiger partial charge is 0.396 e. The zero-order chi connectivity index (χ0) is 22.2. The molecule has 0 unspecified atom stereocenters. The number of ketones is 1. The van der Waals surface area contributed by atoms with Crippen LogP contribution in [0.1, 0.15) is 18.7 Å². The van der Waals surface area contributed by atoms with E-state index in [4.69, 9.17) is 32.7 Å². The highest BCUT2D eigenvalue weighted by atomic mass is 35.5. The first-order chi connectivity index (χ1) is 14.7. The average Bonchev–Trinajstić information content (AvgIpc) is 3.03. The maximum absolute atomic E-state index is 13.1. The summed E-state index contributed by atoms with van der Waals surface area (Å²) in [5.41, 5.74) is 1.32. The van der Waals surface area contributed by atoms with Gasteiger partial charge in [0.1, 0.15) is 24.8 Å². The van der Waals surface area contributed by atoms with Crippen LogP contribution < -0.4 is 0 Å². The Morgan fingerprint density at radius 3 is 2.68 bits per heavy atom. The van der Waals surface area contributed by atoms with E-state index in [2.05, 4.69) is 4.98 Å². The van der Waals surface area contributed by atoms with Crippen molar-refractivity contribution in [2.24, 2.45) is 0 Å². The fourth-order valence-corrected chi connectivity index (χ4v) is 3.59. The molecule has 0 radical (unpaired) electrons. The number of halogens is 5. The zero-order valence-corrected chi connectivity index (χ0v) is 17.4. The molecular formula is C21H15Cl2F3N2O3. The number of Topliss-reactive ketones (excluding diaryl/α,β-unsaturated/α-hetero) is 1. The third-order valence-corrected chi connectivity index (χ3v) is 5.43. The lowest BCUT2D eigenvalue weighted by Gasteiger charge is -2.19. The van der Waals surface area contributed by atoms with Crippen molar-refractivity contribution in [2.75, 3.05) is 0 Å². The van der Waals surface area contributed by atoms with Crippen molar-refractivity contribution < 1.29 is 27.4 Å². The van der Waals surface area contributed by atoms with Crippen LogP contribution in [0.4, 0.5) is 13.2 Å². The Morgan fingerprint density at radius 2 is 1.97 bits per heavy atom. The summed E-state index contributed by atoms with van der Waals surface area (Å²) in [7, 11) is 0. The van der Waals surface area contributed by atoms with Gasteiger partial charge in [-0.3, -0.25) is 4.79 Å². The summed E-state index contributed by atoms with van der Waals surface area (Å²) in [5.74, 6) is -0.641. The predicted molar refractivity (Wildman–Crippen MR) is 109 cm³/mol. The number of hydrogen-bond donors (Lipinski definition) is 0.